The lowest BCUT2D eigenvalue weighted by molar-refractivity contribution is -0.137. The Hall–Kier alpha value is -3.34. The van der Waals surface area contributed by atoms with E-state index in [2.05, 4.69) is 11.8 Å². The maximum Gasteiger partial charge on any atom is 0.416 e. The van der Waals surface area contributed by atoms with Gasteiger partial charge < -0.3 is 14.9 Å². The number of aliphatic hydroxyl groups is 2. The highest BCUT2D eigenvalue weighted by atomic mass is 19.4. The summed E-state index contributed by atoms with van der Waals surface area (Å²) in [6.45, 7) is 1.59. The van der Waals surface area contributed by atoms with E-state index in [1.54, 1.807) is 13.2 Å². The van der Waals surface area contributed by atoms with Crippen molar-refractivity contribution in [1.82, 2.24) is 0 Å². The largest absolute Gasteiger partial charge is 0.497 e. The van der Waals surface area contributed by atoms with Crippen LogP contribution in [0.1, 0.15) is 62.1 Å². The number of rotatable bonds is 5. The molecule has 4 atom stereocenters. The molecular weight excluding hydrogens is 529 g/mol. The minimum absolute atomic E-state index is 0.0701. The second-order valence-electron chi connectivity index (χ2n) is 11.7. The molecule has 0 bridgehead atoms. The summed E-state index contributed by atoms with van der Waals surface area (Å²) >= 11 is 0. The van der Waals surface area contributed by atoms with Crippen LogP contribution in [-0.4, -0.2) is 35.3 Å². The van der Waals surface area contributed by atoms with Crippen molar-refractivity contribution in [1.29, 1.82) is 0 Å². The van der Waals surface area contributed by atoms with Crippen molar-refractivity contribution >= 4 is 5.78 Å². The molecule has 5 rings (SSSR count). The van der Waals surface area contributed by atoms with Gasteiger partial charge in [0.25, 0.3) is 0 Å². The second kappa shape index (κ2) is 11.2. The van der Waals surface area contributed by atoms with E-state index in [0.29, 0.717) is 37.7 Å². The van der Waals surface area contributed by atoms with E-state index in [1.807, 2.05) is 31.2 Å². The van der Waals surface area contributed by atoms with Gasteiger partial charge in [0.15, 0.2) is 5.78 Å². The fraction of sp³-hybridized carbons (Fsp3) is 0.441. The van der Waals surface area contributed by atoms with Crippen LogP contribution in [-0.2, 0) is 17.4 Å². The standard InChI is InChI=1S/C34H35F3O4/c1-32(21-38)31(16-18-33(32,40)17-15-22-3-8-25(9-4-22)34(35,36)37)29-13-7-24-20-26(39)10-14-28(24)30(29)19-23-5-11-27(41-2)12-6-23/h3-6,8-9,11-12,20,29,31,38,40H,7,10,13-14,16,18-19,21H2,1-2H3/t29?,31?,32-,33-/m0/s1. The Morgan fingerprint density at radius 1 is 1.02 bits per heavy atom. The van der Waals surface area contributed by atoms with E-state index in [1.165, 1.54) is 23.3 Å². The molecule has 1 saturated carbocycles. The molecule has 2 aromatic rings. The van der Waals surface area contributed by atoms with Crippen LogP contribution in [0.4, 0.5) is 13.2 Å². The van der Waals surface area contributed by atoms with Crippen LogP contribution in [0.5, 0.6) is 5.75 Å². The molecule has 0 aliphatic heterocycles. The average molecular weight is 565 g/mol. The predicted molar refractivity (Wildman–Crippen MR) is 150 cm³/mol. The molecule has 2 aromatic carbocycles. The molecule has 41 heavy (non-hydrogen) atoms. The maximum absolute atomic E-state index is 13.0. The minimum atomic E-state index is -4.43. The first kappa shape index (κ1) is 29.2. The highest BCUT2D eigenvalue weighted by Crippen LogP contribution is 2.57. The third-order valence-corrected chi connectivity index (χ3v) is 9.48. The summed E-state index contributed by atoms with van der Waals surface area (Å²) in [5.41, 5.74) is 1.86. The SMILES string of the molecule is COc1ccc(CC2=C3CCC(=O)C=C3CCC2C2CC[C@@](O)(C#Cc3ccc(C(F)(F)F)cc3)[C@@]2(C)CO)cc1. The number of carbonyl (C=O) groups is 1. The van der Waals surface area contributed by atoms with Crippen molar-refractivity contribution in [3.8, 4) is 17.6 Å². The number of methoxy groups -OCH3 is 1. The van der Waals surface area contributed by atoms with Gasteiger partial charge in [0, 0.05) is 17.4 Å². The van der Waals surface area contributed by atoms with E-state index >= 15 is 0 Å². The van der Waals surface area contributed by atoms with Crippen molar-refractivity contribution in [3.05, 3.63) is 88.0 Å². The number of ketones is 1. The molecule has 0 radical (unpaired) electrons. The lowest BCUT2D eigenvalue weighted by Gasteiger charge is -2.45. The van der Waals surface area contributed by atoms with Gasteiger partial charge in [-0.3, -0.25) is 4.79 Å². The average Bonchev–Trinajstić information content (AvgIpc) is 3.22. The minimum Gasteiger partial charge on any atom is -0.497 e. The van der Waals surface area contributed by atoms with Crippen LogP contribution in [0.3, 0.4) is 0 Å². The number of halogens is 3. The van der Waals surface area contributed by atoms with Gasteiger partial charge in [-0.05, 0) is 110 Å². The van der Waals surface area contributed by atoms with Gasteiger partial charge in [0.05, 0.1) is 19.3 Å². The van der Waals surface area contributed by atoms with E-state index in [0.717, 1.165) is 41.9 Å². The third kappa shape index (κ3) is 5.60. The van der Waals surface area contributed by atoms with Gasteiger partial charge in [-0.1, -0.05) is 36.5 Å². The summed E-state index contributed by atoms with van der Waals surface area (Å²) in [5.74, 6) is 6.78. The first-order valence-electron chi connectivity index (χ1n) is 14.1. The molecule has 0 saturated heterocycles. The monoisotopic (exact) mass is 564 g/mol. The zero-order valence-corrected chi connectivity index (χ0v) is 23.4. The molecule has 216 valence electrons. The number of aliphatic hydroxyl groups excluding tert-OH is 1. The van der Waals surface area contributed by atoms with Gasteiger partial charge in [0.2, 0.25) is 0 Å². The van der Waals surface area contributed by atoms with Crippen LogP contribution in [0.2, 0.25) is 0 Å². The smallest absolute Gasteiger partial charge is 0.416 e. The first-order chi connectivity index (χ1) is 19.5. The van der Waals surface area contributed by atoms with Crippen LogP contribution in [0, 0.1) is 29.1 Å². The summed E-state index contributed by atoms with van der Waals surface area (Å²) in [6.07, 6.45) is 1.79. The van der Waals surface area contributed by atoms with E-state index in [4.69, 9.17) is 4.74 Å². The van der Waals surface area contributed by atoms with Crippen molar-refractivity contribution in [2.24, 2.45) is 17.3 Å². The molecule has 2 N–H and O–H groups in total. The van der Waals surface area contributed by atoms with E-state index in [-0.39, 0.29) is 24.2 Å². The number of ether oxygens (including phenoxy) is 1. The number of carbonyl (C=O) groups excluding carboxylic acids is 1. The number of hydrogen-bond donors (Lipinski definition) is 2. The Kier molecular flexibility index (Phi) is 7.93. The molecule has 1 fully saturated rings. The predicted octanol–water partition coefficient (Wildman–Crippen LogP) is 6.44. The van der Waals surface area contributed by atoms with Crippen LogP contribution in [0.15, 0.2) is 71.3 Å². The summed E-state index contributed by atoms with van der Waals surface area (Å²) in [6, 6.07) is 12.5. The Morgan fingerprint density at radius 2 is 1.73 bits per heavy atom. The summed E-state index contributed by atoms with van der Waals surface area (Å²) in [7, 11) is 1.63. The second-order valence-corrected chi connectivity index (χ2v) is 11.7. The van der Waals surface area contributed by atoms with Gasteiger partial charge in [-0.25, -0.2) is 0 Å². The summed E-state index contributed by atoms with van der Waals surface area (Å²) in [4.78, 5) is 12.2. The molecule has 0 heterocycles. The van der Waals surface area contributed by atoms with E-state index in [9.17, 15) is 28.2 Å². The number of hydrogen-bond acceptors (Lipinski definition) is 4. The van der Waals surface area contributed by atoms with Gasteiger partial charge >= 0.3 is 6.18 Å². The maximum atomic E-state index is 13.0. The Balaban J connectivity index is 1.48. The Morgan fingerprint density at radius 3 is 2.37 bits per heavy atom. The first-order valence-corrected chi connectivity index (χ1v) is 14.1. The van der Waals surface area contributed by atoms with Gasteiger partial charge in [-0.15, -0.1) is 0 Å². The molecular formula is C34H35F3O4. The molecule has 0 spiro atoms. The molecule has 7 heteroatoms. The van der Waals surface area contributed by atoms with Crippen LogP contribution in [0.25, 0.3) is 0 Å². The van der Waals surface area contributed by atoms with Crippen molar-refractivity contribution in [2.75, 3.05) is 13.7 Å². The molecule has 4 nitrogen and oxygen atoms in total. The molecule has 2 unspecified atom stereocenters. The highest BCUT2D eigenvalue weighted by molar-refractivity contribution is 5.93. The topological polar surface area (TPSA) is 66.8 Å². The number of benzene rings is 2. The molecule has 0 amide bonds. The number of allylic oxidation sites excluding steroid dienone is 4. The van der Waals surface area contributed by atoms with Crippen LogP contribution >= 0.6 is 0 Å². The normalized spacial score (nSPS) is 28.1. The van der Waals surface area contributed by atoms with Gasteiger partial charge in [-0.2, -0.15) is 13.2 Å². The highest BCUT2D eigenvalue weighted by Gasteiger charge is 2.58. The van der Waals surface area contributed by atoms with Crippen LogP contribution < -0.4 is 4.74 Å². The van der Waals surface area contributed by atoms with Crippen molar-refractivity contribution in [3.63, 3.8) is 0 Å². The lowest BCUT2D eigenvalue weighted by atomic mass is 9.61. The molecule has 0 aromatic heterocycles. The number of fused-ring (bicyclic) bond motifs is 1. The summed E-state index contributed by atoms with van der Waals surface area (Å²) in [5, 5.41) is 22.6. The lowest BCUT2D eigenvalue weighted by Crippen LogP contribution is -2.49. The zero-order chi connectivity index (χ0) is 29.4. The quantitative estimate of drug-likeness (QED) is 0.410. The zero-order valence-electron chi connectivity index (χ0n) is 23.4. The van der Waals surface area contributed by atoms with Crippen molar-refractivity contribution < 1.29 is 32.9 Å². The fourth-order valence-electron chi connectivity index (χ4n) is 7.00. The fourth-order valence-corrected chi connectivity index (χ4v) is 7.00. The summed E-state index contributed by atoms with van der Waals surface area (Å²) < 4.78 is 44.2. The molecule has 3 aliphatic carbocycles. The Bertz CT molecular complexity index is 1430. The van der Waals surface area contributed by atoms with E-state index < -0.39 is 22.8 Å². The third-order valence-electron chi connectivity index (χ3n) is 9.48. The van der Waals surface area contributed by atoms with Gasteiger partial charge in [0.1, 0.15) is 11.4 Å². The molecule has 3 aliphatic rings. The Labute approximate surface area is 238 Å². The van der Waals surface area contributed by atoms with Crippen molar-refractivity contribution in [2.45, 2.75) is 63.6 Å². The number of alkyl halides is 3.